The molecule has 5 nitrogen and oxygen atoms in total. The minimum Gasteiger partial charge on any atom is -0.343 e. The summed E-state index contributed by atoms with van der Waals surface area (Å²) in [5, 5.41) is 10.8. The average Bonchev–Trinajstić information content (AvgIpc) is 3.20. The number of amides is 1. The molecule has 0 bridgehead atoms. The van der Waals surface area contributed by atoms with E-state index in [1.54, 1.807) is 23.5 Å². The highest BCUT2D eigenvalue weighted by atomic mass is 32.1. The Bertz CT molecular complexity index is 1270. The van der Waals surface area contributed by atoms with Crippen LogP contribution in [0.5, 0.6) is 0 Å². The lowest BCUT2D eigenvalue weighted by molar-refractivity contribution is 0.0931. The zero-order valence-corrected chi connectivity index (χ0v) is 18.6. The van der Waals surface area contributed by atoms with Gasteiger partial charge in [0.25, 0.3) is 11.5 Å². The Morgan fingerprint density at radius 1 is 1.03 bits per heavy atom. The van der Waals surface area contributed by atoms with Gasteiger partial charge >= 0.3 is 0 Å². The number of hydrogen-bond acceptors (Lipinski definition) is 4. The molecule has 0 radical (unpaired) electrons. The zero-order chi connectivity index (χ0) is 22.0. The Balaban J connectivity index is 1.76. The van der Waals surface area contributed by atoms with Crippen LogP contribution in [0.2, 0.25) is 0 Å². The van der Waals surface area contributed by atoms with Gasteiger partial charge in [-0.05, 0) is 55.8 Å². The Labute approximate surface area is 185 Å². The smallest absolute Gasteiger partial charge is 0.274 e. The summed E-state index contributed by atoms with van der Waals surface area (Å²) in [6, 6.07) is 19.0. The van der Waals surface area contributed by atoms with E-state index in [0.717, 1.165) is 16.0 Å². The van der Waals surface area contributed by atoms with Gasteiger partial charge in [-0.25, -0.2) is 4.68 Å². The number of rotatable bonds is 6. The Hall–Kier alpha value is -3.25. The minimum atomic E-state index is -0.278. The monoisotopic (exact) mass is 431 g/mol. The van der Waals surface area contributed by atoms with Gasteiger partial charge in [0.2, 0.25) is 0 Å². The van der Waals surface area contributed by atoms with E-state index in [2.05, 4.69) is 35.5 Å². The number of benzene rings is 2. The first kappa shape index (κ1) is 21.0. The first-order valence-electron chi connectivity index (χ1n) is 10.4. The molecule has 6 heteroatoms. The van der Waals surface area contributed by atoms with E-state index in [1.807, 2.05) is 49.6 Å². The van der Waals surface area contributed by atoms with Crippen molar-refractivity contribution in [3.05, 3.63) is 98.1 Å². The summed E-state index contributed by atoms with van der Waals surface area (Å²) in [5.41, 5.74) is 2.38. The summed E-state index contributed by atoms with van der Waals surface area (Å²) >= 11 is 1.64. The summed E-state index contributed by atoms with van der Waals surface area (Å²) in [6.07, 6.45) is 0.676. The van der Waals surface area contributed by atoms with Crippen LogP contribution < -0.4 is 10.9 Å². The van der Waals surface area contributed by atoms with E-state index in [0.29, 0.717) is 17.2 Å². The standard InChI is InChI=1S/C25H25N3O2S/c1-16(2)28-25(30)20-12-8-7-11-19(20)22(27-28)24(29)26-21(23-17(3)13-14-31-23)15-18-9-5-4-6-10-18/h4-14,16,21H,15H2,1-3H3,(H,26,29). The lowest BCUT2D eigenvalue weighted by Crippen LogP contribution is -2.34. The first-order chi connectivity index (χ1) is 15.0. The molecule has 1 unspecified atom stereocenters. The molecule has 1 amide bonds. The maximum atomic E-state index is 13.5. The number of carbonyl (C=O) groups is 1. The van der Waals surface area contributed by atoms with Gasteiger partial charge in [0.1, 0.15) is 0 Å². The number of aromatic nitrogens is 2. The highest BCUT2D eigenvalue weighted by Gasteiger charge is 2.23. The number of hydrogen-bond donors (Lipinski definition) is 1. The second-order valence-corrected chi connectivity index (χ2v) is 8.87. The van der Waals surface area contributed by atoms with E-state index in [1.165, 1.54) is 4.68 Å². The molecule has 31 heavy (non-hydrogen) atoms. The molecule has 0 saturated heterocycles. The number of nitrogens with zero attached hydrogens (tertiary/aromatic N) is 2. The fourth-order valence-corrected chi connectivity index (χ4v) is 4.73. The SMILES string of the molecule is Cc1ccsc1C(Cc1ccccc1)NC(=O)c1nn(C(C)C)c(=O)c2ccccc12. The van der Waals surface area contributed by atoms with Crippen LogP contribution in [0.3, 0.4) is 0 Å². The highest BCUT2D eigenvalue weighted by Crippen LogP contribution is 2.27. The summed E-state index contributed by atoms with van der Waals surface area (Å²) in [6.45, 7) is 5.83. The fourth-order valence-electron chi connectivity index (χ4n) is 3.75. The molecular formula is C25H25N3O2S. The van der Waals surface area contributed by atoms with Crippen LogP contribution in [0, 0.1) is 6.92 Å². The predicted octanol–water partition coefficient (Wildman–Crippen LogP) is 5.06. The molecule has 4 rings (SSSR count). The first-order valence-corrected chi connectivity index (χ1v) is 11.2. The van der Waals surface area contributed by atoms with Crippen molar-refractivity contribution >= 4 is 28.0 Å². The van der Waals surface area contributed by atoms with Crippen LogP contribution in [-0.4, -0.2) is 15.7 Å². The summed E-state index contributed by atoms with van der Waals surface area (Å²) in [7, 11) is 0. The maximum Gasteiger partial charge on any atom is 0.274 e. The lowest BCUT2D eigenvalue weighted by Gasteiger charge is -2.20. The molecule has 0 aliphatic heterocycles. The summed E-state index contributed by atoms with van der Waals surface area (Å²) in [4.78, 5) is 27.4. The predicted molar refractivity (Wildman–Crippen MR) is 126 cm³/mol. The zero-order valence-electron chi connectivity index (χ0n) is 17.8. The van der Waals surface area contributed by atoms with Crippen LogP contribution in [0.25, 0.3) is 10.8 Å². The van der Waals surface area contributed by atoms with Gasteiger partial charge in [0.05, 0.1) is 17.5 Å². The minimum absolute atomic E-state index is 0.150. The van der Waals surface area contributed by atoms with E-state index >= 15 is 0 Å². The van der Waals surface area contributed by atoms with Crippen LogP contribution in [0.15, 0.2) is 70.8 Å². The molecule has 2 heterocycles. The summed E-state index contributed by atoms with van der Waals surface area (Å²) < 4.78 is 1.39. The van der Waals surface area contributed by atoms with Crippen LogP contribution in [0.1, 0.15) is 52.4 Å². The molecule has 0 aliphatic rings. The molecule has 0 spiro atoms. The number of carbonyl (C=O) groups excluding carboxylic acids is 1. The number of thiophene rings is 1. The molecule has 1 atom stereocenters. The van der Waals surface area contributed by atoms with Crippen molar-refractivity contribution in [1.29, 1.82) is 0 Å². The van der Waals surface area contributed by atoms with E-state index in [9.17, 15) is 9.59 Å². The number of fused-ring (bicyclic) bond motifs is 1. The van der Waals surface area contributed by atoms with E-state index in [4.69, 9.17) is 0 Å². The second kappa shape index (κ2) is 8.86. The quantitative estimate of drug-likeness (QED) is 0.464. The third-order valence-corrected chi connectivity index (χ3v) is 6.47. The van der Waals surface area contributed by atoms with Gasteiger partial charge in [0.15, 0.2) is 5.69 Å². The van der Waals surface area contributed by atoms with Gasteiger partial charge in [-0.2, -0.15) is 5.10 Å². The van der Waals surface area contributed by atoms with Gasteiger partial charge in [0, 0.05) is 10.3 Å². The molecule has 2 aromatic heterocycles. The second-order valence-electron chi connectivity index (χ2n) is 7.92. The van der Waals surface area contributed by atoms with Gasteiger partial charge in [-0.1, -0.05) is 48.5 Å². The van der Waals surface area contributed by atoms with Crippen LogP contribution in [-0.2, 0) is 6.42 Å². The molecule has 0 saturated carbocycles. The van der Waals surface area contributed by atoms with Gasteiger partial charge in [-0.3, -0.25) is 9.59 Å². The highest BCUT2D eigenvalue weighted by molar-refractivity contribution is 7.10. The lowest BCUT2D eigenvalue weighted by atomic mass is 10.0. The van der Waals surface area contributed by atoms with Crippen molar-refractivity contribution in [2.24, 2.45) is 0 Å². The van der Waals surface area contributed by atoms with Crippen molar-refractivity contribution < 1.29 is 4.79 Å². The molecule has 158 valence electrons. The van der Waals surface area contributed by atoms with Crippen molar-refractivity contribution in [2.75, 3.05) is 0 Å². The van der Waals surface area contributed by atoms with E-state index in [-0.39, 0.29) is 29.2 Å². The molecule has 2 aromatic carbocycles. The third-order valence-electron chi connectivity index (χ3n) is 5.34. The molecule has 0 aliphatic carbocycles. The van der Waals surface area contributed by atoms with Crippen LogP contribution >= 0.6 is 11.3 Å². The number of nitrogens with one attached hydrogen (secondary N) is 1. The van der Waals surface area contributed by atoms with Crippen molar-refractivity contribution in [2.45, 2.75) is 39.3 Å². The van der Waals surface area contributed by atoms with E-state index < -0.39 is 0 Å². The maximum absolute atomic E-state index is 13.5. The molecule has 0 fully saturated rings. The Morgan fingerprint density at radius 3 is 2.35 bits per heavy atom. The number of aryl methyl sites for hydroxylation is 1. The summed E-state index contributed by atoms with van der Waals surface area (Å²) in [5.74, 6) is -0.278. The Morgan fingerprint density at radius 2 is 1.71 bits per heavy atom. The van der Waals surface area contributed by atoms with Gasteiger partial charge < -0.3 is 5.32 Å². The normalized spacial score (nSPS) is 12.3. The molecule has 4 aromatic rings. The van der Waals surface area contributed by atoms with Crippen molar-refractivity contribution in [1.82, 2.24) is 15.1 Å². The fraction of sp³-hybridized carbons (Fsp3) is 0.240. The largest absolute Gasteiger partial charge is 0.343 e. The Kier molecular flexibility index (Phi) is 6.00. The molecule has 1 N–H and O–H groups in total. The van der Waals surface area contributed by atoms with Gasteiger partial charge in [-0.15, -0.1) is 11.3 Å². The topological polar surface area (TPSA) is 64.0 Å². The van der Waals surface area contributed by atoms with Crippen molar-refractivity contribution in [3.63, 3.8) is 0 Å². The van der Waals surface area contributed by atoms with Crippen LogP contribution in [0.4, 0.5) is 0 Å². The third kappa shape index (κ3) is 4.30. The molecular weight excluding hydrogens is 406 g/mol. The van der Waals surface area contributed by atoms with Crippen molar-refractivity contribution in [3.8, 4) is 0 Å². The average molecular weight is 432 g/mol.